The molecule has 3 heteroatoms. The number of phenolic OH excluding ortho intramolecular Hbond substituents is 1. The fourth-order valence-corrected chi connectivity index (χ4v) is 4.03. The van der Waals surface area contributed by atoms with Crippen molar-refractivity contribution in [2.45, 2.75) is 31.8 Å². The summed E-state index contributed by atoms with van der Waals surface area (Å²) >= 11 is 0. The zero-order valence-corrected chi connectivity index (χ0v) is 10.7. The van der Waals surface area contributed by atoms with Crippen molar-refractivity contribution >= 4 is 0 Å². The quantitative estimate of drug-likeness (QED) is 0.827. The van der Waals surface area contributed by atoms with Crippen LogP contribution in [0.3, 0.4) is 0 Å². The maximum absolute atomic E-state index is 9.51. The van der Waals surface area contributed by atoms with Crippen LogP contribution in [0.2, 0.25) is 0 Å². The molecular formula is C15H20N2O. The monoisotopic (exact) mass is 244 g/mol. The molecule has 1 saturated carbocycles. The van der Waals surface area contributed by atoms with E-state index in [4.69, 9.17) is 0 Å². The van der Waals surface area contributed by atoms with Crippen molar-refractivity contribution in [1.29, 1.82) is 0 Å². The van der Waals surface area contributed by atoms with Crippen molar-refractivity contribution < 1.29 is 5.11 Å². The number of rotatable bonds is 2. The lowest BCUT2D eigenvalue weighted by atomic mass is 9.69. The van der Waals surface area contributed by atoms with Gasteiger partial charge < -0.3 is 10.4 Å². The van der Waals surface area contributed by atoms with Gasteiger partial charge in [0, 0.05) is 32.2 Å². The van der Waals surface area contributed by atoms with Crippen LogP contribution in [0.4, 0.5) is 0 Å². The molecule has 0 atom stereocenters. The van der Waals surface area contributed by atoms with E-state index >= 15 is 0 Å². The molecule has 2 N–H and O–H groups in total. The van der Waals surface area contributed by atoms with Crippen LogP contribution in [0.1, 0.15) is 24.0 Å². The number of nitrogens with zero attached hydrogens (tertiary/aromatic N) is 1. The Morgan fingerprint density at radius 3 is 3.00 bits per heavy atom. The Bertz CT molecular complexity index is 474. The maximum atomic E-state index is 9.51. The van der Waals surface area contributed by atoms with Crippen LogP contribution in [-0.2, 0) is 13.0 Å². The predicted octanol–water partition coefficient (Wildman–Crippen LogP) is 1.50. The Kier molecular flexibility index (Phi) is 2.24. The van der Waals surface area contributed by atoms with Gasteiger partial charge in [-0.3, -0.25) is 4.90 Å². The number of hydrogen-bond donors (Lipinski definition) is 2. The van der Waals surface area contributed by atoms with Crippen molar-refractivity contribution in [3.8, 4) is 5.75 Å². The summed E-state index contributed by atoms with van der Waals surface area (Å²) in [6.45, 7) is 4.66. The second-order valence-electron chi connectivity index (χ2n) is 6.40. The summed E-state index contributed by atoms with van der Waals surface area (Å²) in [6, 6.07) is 6.66. The average molecular weight is 244 g/mol. The van der Waals surface area contributed by atoms with E-state index in [9.17, 15) is 5.11 Å². The standard InChI is InChI=1S/C15H20N2O/c18-14-2-1-12-8-17(4-3-11(12)5-14)10-15-6-13(7-15)16-9-15/h1-2,5,13,16,18H,3-4,6-10H2. The fourth-order valence-electron chi connectivity index (χ4n) is 4.03. The summed E-state index contributed by atoms with van der Waals surface area (Å²) in [5.41, 5.74) is 3.32. The topological polar surface area (TPSA) is 35.5 Å². The molecule has 3 aliphatic heterocycles. The minimum atomic E-state index is 0.405. The van der Waals surface area contributed by atoms with Crippen LogP contribution >= 0.6 is 0 Å². The second-order valence-corrected chi connectivity index (χ2v) is 6.40. The van der Waals surface area contributed by atoms with E-state index in [1.54, 1.807) is 0 Å². The molecule has 1 aliphatic carbocycles. The lowest BCUT2D eigenvalue weighted by molar-refractivity contribution is 0.0998. The minimum Gasteiger partial charge on any atom is -0.508 e. The van der Waals surface area contributed by atoms with E-state index in [-0.39, 0.29) is 0 Å². The Morgan fingerprint density at radius 1 is 1.33 bits per heavy atom. The Hall–Kier alpha value is -1.06. The first kappa shape index (κ1) is 10.8. The van der Waals surface area contributed by atoms with E-state index in [1.165, 1.54) is 37.1 Å². The van der Waals surface area contributed by atoms with Crippen molar-refractivity contribution in [2.24, 2.45) is 5.41 Å². The molecule has 3 heterocycles. The molecule has 96 valence electrons. The van der Waals surface area contributed by atoms with Crippen LogP contribution in [0, 0.1) is 5.41 Å². The first-order valence-electron chi connectivity index (χ1n) is 6.99. The molecule has 18 heavy (non-hydrogen) atoms. The van der Waals surface area contributed by atoms with Gasteiger partial charge in [0.2, 0.25) is 0 Å². The molecule has 0 aromatic heterocycles. The molecule has 0 radical (unpaired) electrons. The van der Waals surface area contributed by atoms with Gasteiger partial charge in [-0.05, 0) is 47.9 Å². The third-order valence-electron chi connectivity index (χ3n) is 4.96. The first-order valence-corrected chi connectivity index (χ1v) is 6.99. The van der Waals surface area contributed by atoms with E-state index in [2.05, 4.69) is 16.3 Å². The molecular weight excluding hydrogens is 224 g/mol. The van der Waals surface area contributed by atoms with Gasteiger partial charge >= 0.3 is 0 Å². The molecule has 3 fully saturated rings. The third-order valence-corrected chi connectivity index (χ3v) is 4.96. The number of phenols is 1. The third kappa shape index (κ3) is 1.65. The maximum Gasteiger partial charge on any atom is 0.115 e. The van der Waals surface area contributed by atoms with Crippen LogP contribution in [0.5, 0.6) is 5.75 Å². The van der Waals surface area contributed by atoms with Gasteiger partial charge in [-0.1, -0.05) is 6.07 Å². The molecule has 2 saturated heterocycles. The Balaban J connectivity index is 1.48. The lowest BCUT2D eigenvalue weighted by Gasteiger charge is -2.42. The van der Waals surface area contributed by atoms with Gasteiger partial charge in [0.15, 0.2) is 0 Å². The largest absolute Gasteiger partial charge is 0.508 e. The van der Waals surface area contributed by atoms with Crippen molar-refractivity contribution in [1.82, 2.24) is 10.2 Å². The van der Waals surface area contributed by atoms with Crippen LogP contribution in [0.25, 0.3) is 0 Å². The normalized spacial score (nSPS) is 34.1. The smallest absolute Gasteiger partial charge is 0.115 e. The van der Waals surface area contributed by atoms with Crippen LogP contribution in [0.15, 0.2) is 18.2 Å². The molecule has 3 nitrogen and oxygen atoms in total. The molecule has 2 bridgehead atoms. The summed E-state index contributed by atoms with van der Waals surface area (Å²) < 4.78 is 0. The van der Waals surface area contributed by atoms with Gasteiger partial charge in [0.1, 0.15) is 5.75 Å². The van der Waals surface area contributed by atoms with E-state index in [0.717, 1.165) is 25.6 Å². The molecule has 0 spiro atoms. The first-order chi connectivity index (χ1) is 8.72. The number of hydrogen-bond acceptors (Lipinski definition) is 3. The number of nitrogens with one attached hydrogen (secondary N) is 1. The second kappa shape index (κ2) is 3.72. The zero-order valence-electron chi connectivity index (χ0n) is 10.7. The van der Waals surface area contributed by atoms with Gasteiger partial charge in [-0.25, -0.2) is 0 Å². The average Bonchev–Trinajstić information content (AvgIpc) is 2.89. The minimum absolute atomic E-state index is 0.405. The Labute approximate surface area is 108 Å². The van der Waals surface area contributed by atoms with E-state index < -0.39 is 0 Å². The van der Waals surface area contributed by atoms with Crippen LogP contribution in [-0.4, -0.2) is 35.7 Å². The van der Waals surface area contributed by atoms with Crippen molar-refractivity contribution in [2.75, 3.05) is 19.6 Å². The van der Waals surface area contributed by atoms with Gasteiger partial charge in [-0.2, -0.15) is 0 Å². The summed E-state index contributed by atoms with van der Waals surface area (Å²) in [5, 5.41) is 13.1. The lowest BCUT2D eigenvalue weighted by Crippen LogP contribution is -2.45. The zero-order chi connectivity index (χ0) is 12.2. The highest BCUT2D eigenvalue weighted by molar-refractivity contribution is 5.36. The van der Waals surface area contributed by atoms with Gasteiger partial charge in [0.25, 0.3) is 0 Å². The van der Waals surface area contributed by atoms with Crippen molar-refractivity contribution in [3.63, 3.8) is 0 Å². The van der Waals surface area contributed by atoms with Crippen molar-refractivity contribution in [3.05, 3.63) is 29.3 Å². The van der Waals surface area contributed by atoms with Gasteiger partial charge in [-0.15, -0.1) is 0 Å². The highest BCUT2D eigenvalue weighted by atomic mass is 16.3. The Morgan fingerprint density at radius 2 is 2.22 bits per heavy atom. The van der Waals surface area contributed by atoms with E-state index in [0.29, 0.717) is 11.2 Å². The summed E-state index contributed by atoms with van der Waals surface area (Å²) in [5.74, 6) is 0.405. The molecule has 0 amide bonds. The highest BCUT2D eigenvalue weighted by Gasteiger charge is 2.50. The summed E-state index contributed by atoms with van der Waals surface area (Å²) in [4.78, 5) is 2.60. The molecule has 1 aromatic carbocycles. The summed E-state index contributed by atoms with van der Waals surface area (Å²) in [6.07, 6.45) is 3.84. The summed E-state index contributed by atoms with van der Waals surface area (Å²) in [7, 11) is 0. The SMILES string of the molecule is Oc1ccc2c(c1)CCN(CC13CNC(C1)C3)C2. The predicted molar refractivity (Wildman–Crippen MR) is 70.5 cm³/mol. The molecule has 5 rings (SSSR count). The van der Waals surface area contributed by atoms with Gasteiger partial charge in [0.05, 0.1) is 0 Å². The molecule has 4 aliphatic rings. The molecule has 1 aromatic rings. The molecule has 0 unspecified atom stereocenters. The van der Waals surface area contributed by atoms with E-state index in [1.807, 2.05) is 12.1 Å². The highest BCUT2D eigenvalue weighted by Crippen LogP contribution is 2.47. The number of benzene rings is 1. The van der Waals surface area contributed by atoms with Crippen LogP contribution < -0.4 is 5.32 Å². The fraction of sp³-hybridized carbons (Fsp3) is 0.600. The number of fused-ring (bicyclic) bond motifs is 2. The number of aromatic hydroxyl groups is 1.